The van der Waals surface area contributed by atoms with E-state index < -0.39 is 0 Å². The average molecular weight is 191 g/mol. The number of nitrogens with two attached hydrogens (primary N) is 1. The minimum Gasteiger partial charge on any atom is -0.471 e. The lowest BCUT2D eigenvalue weighted by Crippen LogP contribution is -2.17. The Morgan fingerprint density at radius 1 is 1.62 bits per heavy atom. The van der Waals surface area contributed by atoms with Crippen molar-refractivity contribution in [3.63, 3.8) is 0 Å². The topological polar surface area (TPSA) is 78.6 Å². The molecule has 0 rings (SSSR count). The van der Waals surface area contributed by atoms with Gasteiger partial charge >= 0.3 is 5.97 Å². The number of rotatable bonds is 4. The Labute approximate surface area is 78.2 Å². The van der Waals surface area contributed by atoms with Gasteiger partial charge in [-0.2, -0.15) is 0 Å². The fourth-order valence-electron chi connectivity index (χ4n) is 0.389. The van der Waals surface area contributed by atoms with Crippen LogP contribution in [0.5, 0.6) is 0 Å². The number of esters is 1. The first-order chi connectivity index (χ1) is 6.04. The van der Waals surface area contributed by atoms with E-state index in [1.54, 1.807) is 0 Å². The van der Waals surface area contributed by atoms with Crippen molar-refractivity contribution in [2.24, 2.45) is 5.73 Å². The van der Waals surface area contributed by atoms with Gasteiger partial charge in [0, 0.05) is 13.0 Å². The van der Waals surface area contributed by atoms with E-state index >= 15 is 0 Å². The van der Waals surface area contributed by atoms with Crippen LogP contribution in [0.15, 0.2) is 0 Å². The molecule has 1 atom stereocenters. The van der Waals surface area contributed by atoms with Crippen LogP contribution in [0.4, 0.5) is 0 Å². The number of carbonyl (C=O) groups excluding carboxylic acids is 2. The third-order valence-electron chi connectivity index (χ3n) is 0.975. The van der Waals surface area contributed by atoms with Gasteiger partial charge in [0.1, 0.15) is 0 Å². The van der Waals surface area contributed by atoms with Crippen molar-refractivity contribution in [3.05, 3.63) is 0 Å². The fraction of sp³-hybridized carbons (Fsp3) is 0.750. The Balaban J connectivity index is 0. The number of hydrogen-bond acceptors (Lipinski definition) is 5. The summed E-state index contributed by atoms with van der Waals surface area (Å²) >= 11 is 0. The predicted molar refractivity (Wildman–Crippen MR) is 48.0 cm³/mol. The summed E-state index contributed by atoms with van der Waals surface area (Å²) in [5.41, 5.74) is 5.39. The lowest BCUT2D eigenvalue weighted by Gasteiger charge is -2.03. The normalized spacial score (nSPS) is 10.5. The third-order valence-corrected chi connectivity index (χ3v) is 0.975. The average Bonchev–Trinajstić information content (AvgIpc) is 2.03. The van der Waals surface area contributed by atoms with E-state index in [1.165, 1.54) is 14.0 Å². The van der Waals surface area contributed by atoms with Crippen molar-refractivity contribution in [2.75, 3.05) is 13.7 Å². The van der Waals surface area contributed by atoms with E-state index in [0.29, 0.717) is 13.1 Å². The minimum atomic E-state index is -0.240. The zero-order valence-corrected chi connectivity index (χ0v) is 8.28. The summed E-state index contributed by atoms with van der Waals surface area (Å²) in [6.45, 7) is 4.08. The molecule has 1 unspecified atom stereocenters. The molecule has 0 aliphatic heterocycles. The van der Waals surface area contributed by atoms with Gasteiger partial charge in [0.15, 0.2) is 0 Å². The molecule has 0 spiro atoms. The van der Waals surface area contributed by atoms with Crippen molar-refractivity contribution in [3.8, 4) is 0 Å². The maximum atomic E-state index is 10.2. The standard InChI is InChI=1S/C6H13NO2.C2H4O2/c1-5(7)3-4-9-6(2)8;1-4-2-3/h5H,3-4,7H2,1-2H3;2H,1H3. The van der Waals surface area contributed by atoms with Gasteiger partial charge in [-0.15, -0.1) is 0 Å². The molecule has 13 heavy (non-hydrogen) atoms. The van der Waals surface area contributed by atoms with Crippen LogP contribution in [0.2, 0.25) is 0 Å². The van der Waals surface area contributed by atoms with Gasteiger partial charge in [-0.1, -0.05) is 0 Å². The van der Waals surface area contributed by atoms with E-state index in [1.807, 2.05) is 6.92 Å². The van der Waals surface area contributed by atoms with Gasteiger partial charge < -0.3 is 15.2 Å². The molecule has 0 fully saturated rings. The second kappa shape index (κ2) is 10.9. The number of hydrogen-bond donors (Lipinski definition) is 1. The highest BCUT2D eigenvalue weighted by Gasteiger charge is 1.95. The highest BCUT2D eigenvalue weighted by Crippen LogP contribution is 1.86. The Morgan fingerprint density at radius 3 is 2.31 bits per heavy atom. The second-order valence-corrected chi connectivity index (χ2v) is 2.44. The summed E-state index contributed by atoms with van der Waals surface area (Å²) in [5, 5.41) is 0. The van der Waals surface area contributed by atoms with Crippen LogP contribution in [0.3, 0.4) is 0 Å². The summed E-state index contributed by atoms with van der Waals surface area (Å²) in [4.78, 5) is 19.1. The number of methoxy groups -OCH3 is 1. The van der Waals surface area contributed by atoms with Crippen LogP contribution >= 0.6 is 0 Å². The summed E-state index contributed by atoms with van der Waals surface area (Å²) < 4.78 is 8.49. The van der Waals surface area contributed by atoms with Crippen molar-refractivity contribution in [1.82, 2.24) is 0 Å². The van der Waals surface area contributed by atoms with E-state index in [0.717, 1.165) is 6.42 Å². The van der Waals surface area contributed by atoms with Gasteiger partial charge in [0.2, 0.25) is 0 Å². The molecule has 0 amide bonds. The molecule has 78 valence electrons. The molecule has 5 heteroatoms. The summed E-state index contributed by atoms with van der Waals surface area (Å²) in [5.74, 6) is -0.240. The van der Waals surface area contributed by atoms with Crippen molar-refractivity contribution in [1.29, 1.82) is 0 Å². The van der Waals surface area contributed by atoms with Crippen LogP contribution in [0.25, 0.3) is 0 Å². The van der Waals surface area contributed by atoms with Crippen LogP contribution in [0, 0.1) is 0 Å². The smallest absolute Gasteiger partial charge is 0.302 e. The molecular formula is C8H17NO4. The summed E-state index contributed by atoms with van der Waals surface area (Å²) in [6, 6.07) is 0.115. The van der Waals surface area contributed by atoms with E-state index in [-0.39, 0.29) is 12.0 Å². The molecule has 0 aliphatic rings. The molecule has 2 N–H and O–H groups in total. The molecule has 0 saturated carbocycles. The van der Waals surface area contributed by atoms with Crippen molar-refractivity contribution >= 4 is 12.4 Å². The number of ether oxygens (including phenoxy) is 2. The van der Waals surface area contributed by atoms with E-state index in [4.69, 9.17) is 10.5 Å². The second-order valence-electron chi connectivity index (χ2n) is 2.44. The van der Waals surface area contributed by atoms with E-state index in [2.05, 4.69) is 9.47 Å². The molecule has 0 bridgehead atoms. The number of carbonyl (C=O) groups is 2. The molecule has 0 radical (unpaired) electrons. The highest BCUT2D eigenvalue weighted by atomic mass is 16.5. The first-order valence-electron chi connectivity index (χ1n) is 3.90. The zero-order chi connectivity index (χ0) is 10.7. The molecule has 0 aromatic rings. The Morgan fingerprint density at radius 2 is 2.08 bits per heavy atom. The SMILES string of the molecule is CC(=O)OCCC(C)N.COC=O. The summed E-state index contributed by atoms with van der Waals surface area (Å²) in [7, 11) is 1.31. The summed E-state index contributed by atoms with van der Waals surface area (Å²) in [6.07, 6.45) is 0.736. The van der Waals surface area contributed by atoms with Gasteiger partial charge in [0.25, 0.3) is 6.47 Å². The lowest BCUT2D eigenvalue weighted by atomic mass is 10.3. The third kappa shape index (κ3) is 24.8. The fourth-order valence-corrected chi connectivity index (χ4v) is 0.389. The maximum absolute atomic E-state index is 10.2. The van der Waals surface area contributed by atoms with E-state index in [9.17, 15) is 4.79 Å². The maximum Gasteiger partial charge on any atom is 0.302 e. The van der Waals surface area contributed by atoms with Crippen LogP contribution in [-0.4, -0.2) is 32.2 Å². The van der Waals surface area contributed by atoms with Crippen LogP contribution in [-0.2, 0) is 19.1 Å². The van der Waals surface area contributed by atoms with Gasteiger partial charge in [-0.05, 0) is 13.3 Å². The molecule has 0 aliphatic carbocycles. The lowest BCUT2D eigenvalue weighted by molar-refractivity contribution is -0.141. The molecule has 5 nitrogen and oxygen atoms in total. The Hall–Kier alpha value is -1.10. The Bertz CT molecular complexity index is 136. The first-order valence-corrected chi connectivity index (χ1v) is 3.90. The van der Waals surface area contributed by atoms with Gasteiger partial charge in [-0.3, -0.25) is 9.59 Å². The van der Waals surface area contributed by atoms with Crippen LogP contribution in [0.1, 0.15) is 20.3 Å². The predicted octanol–water partition coefficient (Wildman–Crippen LogP) is 0.0760. The zero-order valence-electron chi connectivity index (χ0n) is 8.28. The molecule has 0 heterocycles. The van der Waals surface area contributed by atoms with Gasteiger partial charge in [-0.25, -0.2) is 0 Å². The molecule has 0 saturated heterocycles. The van der Waals surface area contributed by atoms with Crippen LogP contribution < -0.4 is 5.73 Å². The Kier molecular flexibility index (Phi) is 12.1. The molecule has 0 aromatic carbocycles. The van der Waals surface area contributed by atoms with Gasteiger partial charge in [0.05, 0.1) is 13.7 Å². The largest absolute Gasteiger partial charge is 0.471 e. The van der Waals surface area contributed by atoms with Crippen molar-refractivity contribution < 1.29 is 19.1 Å². The first kappa shape index (κ1) is 14.4. The molecule has 0 aromatic heterocycles. The molecular weight excluding hydrogens is 174 g/mol. The minimum absolute atomic E-state index is 0.115. The van der Waals surface area contributed by atoms with Crippen molar-refractivity contribution in [2.45, 2.75) is 26.3 Å². The monoisotopic (exact) mass is 191 g/mol. The quantitative estimate of drug-likeness (QED) is 0.502. The highest BCUT2D eigenvalue weighted by molar-refractivity contribution is 5.65.